The lowest BCUT2D eigenvalue weighted by Gasteiger charge is -2.01. The number of nitrogens with one attached hydrogen (secondary N) is 1. The lowest BCUT2D eigenvalue weighted by molar-refractivity contribution is -0.150. The summed E-state index contributed by atoms with van der Waals surface area (Å²) >= 11 is 0. The zero-order valence-corrected chi connectivity index (χ0v) is 7.00. The molecule has 0 saturated heterocycles. The Morgan fingerprint density at radius 3 is 2.67 bits per heavy atom. The number of carboxylic acid groups (broad SMARTS) is 1. The van der Waals surface area contributed by atoms with Gasteiger partial charge in [-0.1, -0.05) is 0 Å². The summed E-state index contributed by atoms with van der Waals surface area (Å²) in [6, 6.07) is 0. The molecular formula is C7H13NO4. The Bertz CT molecular complexity index is 157. The first-order valence-corrected chi connectivity index (χ1v) is 3.77. The van der Waals surface area contributed by atoms with Crippen molar-refractivity contribution in [3.05, 3.63) is 0 Å². The molecule has 0 unspecified atom stereocenters. The van der Waals surface area contributed by atoms with E-state index in [0.717, 1.165) is 0 Å². The Morgan fingerprint density at radius 1 is 1.50 bits per heavy atom. The highest BCUT2D eigenvalue weighted by Crippen LogP contribution is 1.79. The minimum absolute atomic E-state index is 0.338. The molecule has 70 valence electrons. The zero-order chi connectivity index (χ0) is 9.40. The number of carbonyl (C=O) groups excluding carboxylic acids is 1. The van der Waals surface area contributed by atoms with E-state index in [0.29, 0.717) is 26.2 Å². The third kappa shape index (κ3) is 5.67. The molecule has 1 amide bonds. The molecule has 0 spiro atoms. The number of aliphatic carboxylic acids is 1. The molecule has 0 heterocycles. The number of carboxylic acids is 1. The van der Waals surface area contributed by atoms with Crippen LogP contribution in [0, 0.1) is 0 Å². The molecule has 0 fully saturated rings. The number of ether oxygens (including phenoxy) is 1. The third-order valence-electron chi connectivity index (χ3n) is 1.15. The van der Waals surface area contributed by atoms with Gasteiger partial charge in [0, 0.05) is 19.8 Å². The van der Waals surface area contributed by atoms with Crippen LogP contribution in [0.1, 0.15) is 13.3 Å². The monoisotopic (exact) mass is 175 g/mol. The number of rotatable bonds is 5. The number of hydrogen-bond acceptors (Lipinski definition) is 3. The van der Waals surface area contributed by atoms with Crippen molar-refractivity contribution in [1.29, 1.82) is 0 Å². The second-order valence-electron chi connectivity index (χ2n) is 2.11. The standard InChI is InChI=1S/C7H13NO4/c1-2-12-5-3-4-8-6(9)7(10)11/h2-5H2,1H3,(H,8,9)(H,10,11). The first-order chi connectivity index (χ1) is 5.68. The molecule has 0 aliphatic heterocycles. The van der Waals surface area contributed by atoms with Gasteiger partial charge in [-0.2, -0.15) is 0 Å². The summed E-state index contributed by atoms with van der Waals surface area (Å²) in [6.07, 6.45) is 0.632. The molecule has 0 aromatic carbocycles. The first kappa shape index (κ1) is 10.9. The van der Waals surface area contributed by atoms with E-state index in [9.17, 15) is 9.59 Å². The second-order valence-corrected chi connectivity index (χ2v) is 2.11. The van der Waals surface area contributed by atoms with Crippen LogP contribution in [0.3, 0.4) is 0 Å². The van der Waals surface area contributed by atoms with Gasteiger partial charge < -0.3 is 15.2 Å². The topological polar surface area (TPSA) is 75.6 Å². The second kappa shape index (κ2) is 6.60. The summed E-state index contributed by atoms with van der Waals surface area (Å²) in [5.74, 6) is -2.42. The maximum atomic E-state index is 10.4. The van der Waals surface area contributed by atoms with Crippen LogP contribution in [-0.4, -0.2) is 36.7 Å². The Kier molecular flexibility index (Phi) is 6.00. The smallest absolute Gasteiger partial charge is 0.394 e. The van der Waals surface area contributed by atoms with Gasteiger partial charge in [-0.15, -0.1) is 0 Å². The highest BCUT2D eigenvalue weighted by Gasteiger charge is 2.08. The number of carbonyl (C=O) groups is 2. The quantitative estimate of drug-likeness (QED) is 0.441. The van der Waals surface area contributed by atoms with E-state index in [-0.39, 0.29) is 0 Å². The third-order valence-corrected chi connectivity index (χ3v) is 1.15. The van der Waals surface area contributed by atoms with Crippen LogP contribution in [0.15, 0.2) is 0 Å². The van der Waals surface area contributed by atoms with Crippen molar-refractivity contribution >= 4 is 11.9 Å². The fourth-order valence-corrected chi connectivity index (χ4v) is 0.596. The summed E-state index contributed by atoms with van der Waals surface area (Å²) in [7, 11) is 0. The zero-order valence-electron chi connectivity index (χ0n) is 7.00. The van der Waals surface area contributed by atoms with Gasteiger partial charge in [-0.3, -0.25) is 4.79 Å². The van der Waals surface area contributed by atoms with Crippen LogP contribution in [0.4, 0.5) is 0 Å². The fourth-order valence-electron chi connectivity index (χ4n) is 0.596. The van der Waals surface area contributed by atoms with Gasteiger partial charge in [-0.25, -0.2) is 4.79 Å². The van der Waals surface area contributed by atoms with Gasteiger partial charge in [0.15, 0.2) is 0 Å². The molecule has 12 heavy (non-hydrogen) atoms. The van der Waals surface area contributed by atoms with Gasteiger partial charge in [0.1, 0.15) is 0 Å². The Morgan fingerprint density at radius 2 is 2.17 bits per heavy atom. The van der Waals surface area contributed by atoms with E-state index < -0.39 is 11.9 Å². The van der Waals surface area contributed by atoms with Gasteiger partial charge >= 0.3 is 11.9 Å². The van der Waals surface area contributed by atoms with E-state index in [1.54, 1.807) is 0 Å². The molecule has 0 radical (unpaired) electrons. The Balaban J connectivity index is 3.20. The van der Waals surface area contributed by atoms with Crippen molar-refractivity contribution in [1.82, 2.24) is 5.32 Å². The van der Waals surface area contributed by atoms with E-state index in [1.165, 1.54) is 0 Å². The molecule has 0 aromatic rings. The minimum atomic E-state index is -1.45. The van der Waals surface area contributed by atoms with Gasteiger partial charge in [-0.05, 0) is 13.3 Å². The molecule has 0 aliphatic rings. The normalized spacial score (nSPS) is 9.42. The first-order valence-electron chi connectivity index (χ1n) is 3.77. The summed E-state index contributed by atoms with van der Waals surface area (Å²) in [6.45, 7) is 3.38. The molecule has 0 aromatic heterocycles. The van der Waals surface area contributed by atoms with E-state index in [2.05, 4.69) is 5.32 Å². The van der Waals surface area contributed by atoms with Crippen molar-refractivity contribution in [2.45, 2.75) is 13.3 Å². The van der Waals surface area contributed by atoms with Gasteiger partial charge in [0.2, 0.25) is 0 Å². The van der Waals surface area contributed by atoms with E-state index in [4.69, 9.17) is 9.84 Å². The summed E-state index contributed by atoms with van der Waals surface area (Å²) in [5, 5.41) is 10.4. The summed E-state index contributed by atoms with van der Waals surface area (Å²) in [4.78, 5) is 20.4. The maximum absolute atomic E-state index is 10.4. The van der Waals surface area contributed by atoms with Crippen LogP contribution in [0.25, 0.3) is 0 Å². The molecule has 5 nitrogen and oxygen atoms in total. The van der Waals surface area contributed by atoms with Crippen LogP contribution in [0.2, 0.25) is 0 Å². The molecule has 0 bridgehead atoms. The lowest BCUT2D eigenvalue weighted by atomic mass is 10.4. The molecule has 0 rings (SSSR count). The maximum Gasteiger partial charge on any atom is 0.394 e. The molecular weight excluding hydrogens is 162 g/mol. The molecule has 0 saturated carbocycles. The van der Waals surface area contributed by atoms with Gasteiger partial charge in [0.05, 0.1) is 0 Å². The molecule has 2 N–H and O–H groups in total. The van der Waals surface area contributed by atoms with Crippen molar-refractivity contribution < 1.29 is 19.4 Å². The lowest BCUT2D eigenvalue weighted by Crippen LogP contribution is -2.31. The predicted octanol–water partition coefficient (Wildman–Crippen LogP) is -0.386. The number of amides is 1. The van der Waals surface area contributed by atoms with Crippen molar-refractivity contribution in [3.63, 3.8) is 0 Å². The van der Waals surface area contributed by atoms with E-state index >= 15 is 0 Å². The Hall–Kier alpha value is -1.10. The predicted molar refractivity (Wildman–Crippen MR) is 41.8 cm³/mol. The van der Waals surface area contributed by atoms with Crippen LogP contribution in [0.5, 0.6) is 0 Å². The SMILES string of the molecule is CCOCCCNC(=O)C(=O)O. The van der Waals surface area contributed by atoms with E-state index in [1.807, 2.05) is 6.92 Å². The van der Waals surface area contributed by atoms with Gasteiger partial charge in [0.25, 0.3) is 0 Å². The summed E-state index contributed by atoms with van der Waals surface area (Å²) < 4.78 is 4.98. The summed E-state index contributed by atoms with van der Waals surface area (Å²) in [5.41, 5.74) is 0. The fraction of sp³-hybridized carbons (Fsp3) is 0.714. The molecule has 0 atom stereocenters. The van der Waals surface area contributed by atoms with Crippen molar-refractivity contribution in [2.24, 2.45) is 0 Å². The largest absolute Gasteiger partial charge is 0.474 e. The molecule has 0 aliphatic carbocycles. The number of hydrogen-bond donors (Lipinski definition) is 2. The minimum Gasteiger partial charge on any atom is -0.474 e. The van der Waals surface area contributed by atoms with Crippen LogP contribution in [-0.2, 0) is 14.3 Å². The van der Waals surface area contributed by atoms with Crippen LogP contribution >= 0.6 is 0 Å². The van der Waals surface area contributed by atoms with Crippen molar-refractivity contribution in [3.8, 4) is 0 Å². The highest BCUT2D eigenvalue weighted by molar-refractivity contribution is 6.31. The average molecular weight is 175 g/mol. The average Bonchev–Trinajstić information content (AvgIpc) is 2.03. The van der Waals surface area contributed by atoms with Crippen LogP contribution < -0.4 is 5.32 Å². The Labute approximate surface area is 70.7 Å². The highest BCUT2D eigenvalue weighted by atomic mass is 16.5. The molecule has 5 heteroatoms. The van der Waals surface area contributed by atoms with Crippen molar-refractivity contribution in [2.75, 3.05) is 19.8 Å².